The van der Waals surface area contributed by atoms with Crippen molar-refractivity contribution >= 4 is 10.0 Å². The molecule has 0 aliphatic rings. The van der Waals surface area contributed by atoms with Crippen molar-refractivity contribution in [2.45, 2.75) is 24.3 Å². The molecule has 0 saturated carbocycles. The predicted molar refractivity (Wildman–Crippen MR) is 74.7 cm³/mol. The molecule has 0 aliphatic carbocycles. The highest BCUT2D eigenvalue weighted by atomic mass is 32.2. The van der Waals surface area contributed by atoms with E-state index in [1.54, 1.807) is 6.92 Å². The van der Waals surface area contributed by atoms with Gasteiger partial charge in [-0.25, -0.2) is 13.1 Å². The number of aryl methyl sites for hydroxylation is 1. The van der Waals surface area contributed by atoms with Crippen LogP contribution in [0.1, 0.15) is 11.3 Å². The summed E-state index contributed by atoms with van der Waals surface area (Å²) in [5, 5.41) is 15.6. The molecule has 0 spiro atoms. The highest BCUT2D eigenvalue weighted by Gasteiger charge is 2.22. The highest BCUT2D eigenvalue weighted by molar-refractivity contribution is 7.89. The number of aliphatic hydroxyl groups excluding tert-OH is 1. The molecule has 3 N–H and O–H groups in total. The lowest BCUT2D eigenvalue weighted by Crippen LogP contribution is -2.39. The normalized spacial score (nSPS) is 13.3. The van der Waals surface area contributed by atoms with Gasteiger partial charge in [0.05, 0.1) is 18.5 Å². The Morgan fingerprint density at radius 2 is 2.05 bits per heavy atom. The number of benzene rings is 1. The number of hydrogen-bond donors (Lipinski definition) is 3. The van der Waals surface area contributed by atoms with Gasteiger partial charge in [0.25, 0.3) is 0 Å². The van der Waals surface area contributed by atoms with Gasteiger partial charge in [-0.2, -0.15) is 5.10 Å². The maximum absolute atomic E-state index is 12.2. The molecule has 2 aromatic rings. The topological polar surface area (TPSA) is 95.1 Å². The summed E-state index contributed by atoms with van der Waals surface area (Å²) in [6, 6.07) is 8.84. The van der Waals surface area contributed by atoms with Crippen molar-refractivity contribution in [2.24, 2.45) is 0 Å². The largest absolute Gasteiger partial charge is 0.395 e. The van der Waals surface area contributed by atoms with Gasteiger partial charge in [-0.15, -0.1) is 0 Å². The number of hydrogen-bond acceptors (Lipinski definition) is 4. The number of nitrogens with zero attached hydrogens (tertiary/aromatic N) is 1. The van der Waals surface area contributed by atoms with Crippen molar-refractivity contribution in [3.8, 4) is 0 Å². The minimum absolute atomic E-state index is 0.101. The van der Waals surface area contributed by atoms with E-state index in [4.69, 9.17) is 0 Å². The maximum Gasteiger partial charge on any atom is 0.244 e. The summed E-state index contributed by atoms with van der Waals surface area (Å²) in [5.41, 5.74) is 1.42. The molecule has 0 fully saturated rings. The van der Waals surface area contributed by atoms with E-state index in [0.29, 0.717) is 12.1 Å². The van der Waals surface area contributed by atoms with Crippen LogP contribution in [0.4, 0.5) is 0 Å². The van der Waals surface area contributed by atoms with Gasteiger partial charge in [0.15, 0.2) is 0 Å². The zero-order valence-corrected chi connectivity index (χ0v) is 11.9. The number of aromatic amines is 1. The Morgan fingerprint density at radius 1 is 1.35 bits per heavy atom. The van der Waals surface area contributed by atoms with Crippen molar-refractivity contribution in [3.63, 3.8) is 0 Å². The van der Waals surface area contributed by atoms with Gasteiger partial charge in [0.1, 0.15) is 4.90 Å². The zero-order valence-electron chi connectivity index (χ0n) is 11.1. The first kappa shape index (κ1) is 14.7. The summed E-state index contributed by atoms with van der Waals surface area (Å²) in [5.74, 6) is 0. The molecule has 0 radical (unpaired) electrons. The van der Waals surface area contributed by atoms with Crippen molar-refractivity contribution in [2.75, 3.05) is 6.61 Å². The zero-order chi connectivity index (χ0) is 14.6. The molecule has 1 atom stereocenters. The van der Waals surface area contributed by atoms with Crippen LogP contribution >= 0.6 is 0 Å². The third kappa shape index (κ3) is 3.44. The average molecular weight is 295 g/mol. The molecular weight excluding hydrogens is 278 g/mol. The van der Waals surface area contributed by atoms with Gasteiger partial charge in [0.2, 0.25) is 10.0 Å². The Labute approximate surface area is 117 Å². The summed E-state index contributed by atoms with van der Waals surface area (Å²) < 4.78 is 26.9. The lowest BCUT2D eigenvalue weighted by molar-refractivity contribution is 0.256. The number of H-pyrrole nitrogens is 1. The number of nitrogens with one attached hydrogen (secondary N) is 2. The number of aromatic nitrogens is 2. The van der Waals surface area contributed by atoms with Gasteiger partial charge in [0, 0.05) is 6.04 Å². The van der Waals surface area contributed by atoms with Crippen LogP contribution in [-0.4, -0.2) is 36.4 Å². The fourth-order valence-electron chi connectivity index (χ4n) is 1.94. The summed E-state index contributed by atoms with van der Waals surface area (Å²) in [4.78, 5) is 0.101. The van der Waals surface area contributed by atoms with E-state index in [2.05, 4.69) is 14.9 Å². The molecular formula is C13H17N3O3S. The molecule has 20 heavy (non-hydrogen) atoms. The van der Waals surface area contributed by atoms with E-state index in [0.717, 1.165) is 5.56 Å². The van der Waals surface area contributed by atoms with Crippen LogP contribution in [0.3, 0.4) is 0 Å². The summed E-state index contributed by atoms with van der Waals surface area (Å²) in [6.07, 6.45) is 1.68. The molecule has 2 rings (SSSR count). The molecule has 0 aliphatic heterocycles. The quantitative estimate of drug-likeness (QED) is 0.727. The summed E-state index contributed by atoms with van der Waals surface area (Å²) >= 11 is 0. The van der Waals surface area contributed by atoms with Crippen molar-refractivity contribution in [1.29, 1.82) is 0 Å². The third-order valence-corrected chi connectivity index (χ3v) is 4.57. The number of rotatable bonds is 6. The monoisotopic (exact) mass is 295 g/mol. The van der Waals surface area contributed by atoms with Gasteiger partial charge < -0.3 is 5.11 Å². The molecule has 1 aromatic carbocycles. The van der Waals surface area contributed by atoms with E-state index >= 15 is 0 Å². The molecule has 0 unspecified atom stereocenters. The SMILES string of the molecule is Cc1[nH]ncc1S(=O)(=O)N[C@H](CO)Cc1ccccc1. The molecule has 108 valence electrons. The first-order valence-electron chi connectivity index (χ1n) is 6.20. The smallest absolute Gasteiger partial charge is 0.244 e. The van der Waals surface area contributed by atoms with Crippen LogP contribution < -0.4 is 4.72 Å². The van der Waals surface area contributed by atoms with Crippen molar-refractivity contribution < 1.29 is 13.5 Å². The number of aliphatic hydroxyl groups is 1. The number of sulfonamides is 1. The molecule has 6 nitrogen and oxygen atoms in total. The second-order valence-electron chi connectivity index (χ2n) is 4.55. The molecule has 7 heteroatoms. The summed E-state index contributed by atoms with van der Waals surface area (Å²) in [6.45, 7) is 1.36. The fraction of sp³-hybridized carbons (Fsp3) is 0.308. The predicted octanol–water partition coefficient (Wildman–Crippen LogP) is 0.600. The second kappa shape index (κ2) is 6.17. The van der Waals surface area contributed by atoms with E-state index in [1.165, 1.54) is 6.20 Å². The van der Waals surface area contributed by atoms with Crippen LogP contribution in [0, 0.1) is 6.92 Å². The highest BCUT2D eigenvalue weighted by Crippen LogP contribution is 2.12. The Hall–Kier alpha value is -1.70. The Kier molecular flexibility index (Phi) is 4.53. The first-order chi connectivity index (χ1) is 9.53. The average Bonchev–Trinajstić information content (AvgIpc) is 2.86. The third-order valence-electron chi connectivity index (χ3n) is 2.94. The lowest BCUT2D eigenvalue weighted by Gasteiger charge is -2.16. The van der Waals surface area contributed by atoms with Crippen LogP contribution in [0.5, 0.6) is 0 Å². The molecule has 0 saturated heterocycles. The minimum atomic E-state index is -3.68. The lowest BCUT2D eigenvalue weighted by atomic mass is 10.1. The van der Waals surface area contributed by atoms with Crippen LogP contribution in [0.2, 0.25) is 0 Å². The first-order valence-corrected chi connectivity index (χ1v) is 7.68. The van der Waals surface area contributed by atoms with E-state index in [-0.39, 0.29) is 11.5 Å². The van der Waals surface area contributed by atoms with Gasteiger partial charge in [-0.1, -0.05) is 30.3 Å². The van der Waals surface area contributed by atoms with Gasteiger partial charge in [-0.05, 0) is 18.9 Å². The van der Waals surface area contributed by atoms with Gasteiger partial charge >= 0.3 is 0 Å². The molecule has 1 heterocycles. The molecule has 0 bridgehead atoms. The Morgan fingerprint density at radius 3 is 2.60 bits per heavy atom. The molecule has 1 aromatic heterocycles. The van der Waals surface area contributed by atoms with E-state index in [9.17, 15) is 13.5 Å². The second-order valence-corrected chi connectivity index (χ2v) is 6.23. The Bertz CT molecular complexity index is 653. The van der Waals surface area contributed by atoms with Gasteiger partial charge in [-0.3, -0.25) is 5.10 Å². The Balaban J connectivity index is 2.12. The van der Waals surface area contributed by atoms with E-state index < -0.39 is 16.1 Å². The van der Waals surface area contributed by atoms with E-state index in [1.807, 2.05) is 30.3 Å². The standard InChI is InChI=1S/C13H17N3O3S/c1-10-13(8-14-15-10)20(18,19)16-12(9-17)7-11-5-3-2-4-6-11/h2-6,8,12,16-17H,7,9H2,1H3,(H,14,15)/t12-/m0/s1. The van der Waals surface area contributed by atoms with Crippen molar-refractivity contribution in [3.05, 3.63) is 47.8 Å². The maximum atomic E-state index is 12.2. The minimum Gasteiger partial charge on any atom is -0.395 e. The fourth-order valence-corrected chi connectivity index (χ4v) is 3.30. The molecule has 0 amide bonds. The van der Waals surface area contributed by atoms with Crippen LogP contribution in [-0.2, 0) is 16.4 Å². The van der Waals surface area contributed by atoms with Crippen LogP contribution in [0.15, 0.2) is 41.4 Å². The van der Waals surface area contributed by atoms with Crippen LogP contribution in [0.25, 0.3) is 0 Å². The van der Waals surface area contributed by atoms with Crippen molar-refractivity contribution in [1.82, 2.24) is 14.9 Å². The summed E-state index contributed by atoms with van der Waals surface area (Å²) in [7, 11) is -3.68.